The number of nitrogens with zero attached hydrogens (tertiary/aromatic N) is 1. The summed E-state index contributed by atoms with van der Waals surface area (Å²) in [6.07, 6.45) is 0.949. The van der Waals surface area contributed by atoms with Gasteiger partial charge in [-0.1, -0.05) is 24.3 Å². The van der Waals surface area contributed by atoms with Crippen molar-refractivity contribution in [2.45, 2.75) is 46.7 Å². The van der Waals surface area contributed by atoms with E-state index < -0.39 is 0 Å². The molecule has 1 N–H and O–H groups in total. The Bertz CT molecular complexity index is 838. The Balaban J connectivity index is 1.82. The molecular weight excluding hydrogens is 328 g/mol. The summed E-state index contributed by atoms with van der Waals surface area (Å²) in [4.78, 5) is 30.6. The normalized spacial score (nSPS) is 15.4. The van der Waals surface area contributed by atoms with Gasteiger partial charge in [0.05, 0.1) is 23.9 Å². The van der Waals surface area contributed by atoms with Crippen LogP contribution in [-0.4, -0.2) is 40.8 Å². The van der Waals surface area contributed by atoms with Crippen LogP contribution in [0.3, 0.4) is 0 Å². The first-order chi connectivity index (χ1) is 12.4. The van der Waals surface area contributed by atoms with Crippen LogP contribution in [0.1, 0.15) is 57.1 Å². The molecule has 138 valence electrons. The zero-order valence-corrected chi connectivity index (χ0v) is 15.9. The number of ether oxygens (including phenoxy) is 1. The maximum atomic E-state index is 13.1. The van der Waals surface area contributed by atoms with E-state index in [0.717, 1.165) is 19.5 Å². The van der Waals surface area contributed by atoms with Crippen LogP contribution >= 0.6 is 0 Å². The SMILES string of the molecule is CCOC(=O)c1c(C)[nH]c(C(=O)[C@@H](C)N2CCc3ccccc3C2)c1C. The zero-order valence-electron chi connectivity index (χ0n) is 15.9. The van der Waals surface area contributed by atoms with E-state index in [1.165, 1.54) is 11.1 Å². The average molecular weight is 354 g/mol. The van der Waals surface area contributed by atoms with Crippen molar-refractivity contribution in [3.63, 3.8) is 0 Å². The van der Waals surface area contributed by atoms with Gasteiger partial charge in [-0.15, -0.1) is 0 Å². The smallest absolute Gasteiger partial charge is 0.340 e. The van der Waals surface area contributed by atoms with Crippen molar-refractivity contribution in [2.24, 2.45) is 0 Å². The number of benzene rings is 1. The first kappa shape index (κ1) is 18.4. The average Bonchev–Trinajstić information content (AvgIpc) is 2.94. The van der Waals surface area contributed by atoms with Gasteiger partial charge in [0.15, 0.2) is 5.78 Å². The predicted octanol–water partition coefficient (Wildman–Crippen LogP) is 3.44. The Kier molecular flexibility index (Phi) is 5.28. The van der Waals surface area contributed by atoms with E-state index in [0.29, 0.717) is 29.1 Å². The van der Waals surface area contributed by atoms with Gasteiger partial charge in [-0.05, 0) is 50.8 Å². The number of carbonyl (C=O) groups excluding carboxylic acids is 2. The lowest BCUT2D eigenvalue weighted by atomic mass is 9.97. The monoisotopic (exact) mass is 354 g/mol. The molecule has 3 rings (SSSR count). The molecule has 0 amide bonds. The Morgan fingerprint density at radius 2 is 1.92 bits per heavy atom. The third-order valence-electron chi connectivity index (χ3n) is 5.25. The number of Topliss-reactive ketones (excluding diaryl/α,β-unsaturated/α-hetero) is 1. The number of hydrogen-bond donors (Lipinski definition) is 1. The summed E-state index contributed by atoms with van der Waals surface area (Å²) in [5.41, 5.74) is 4.99. The van der Waals surface area contributed by atoms with Crippen LogP contribution in [0.15, 0.2) is 24.3 Å². The summed E-state index contributed by atoms with van der Waals surface area (Å²) in [6.45, 7) is 9.27. The number of aromatic nitrogens is 1. The number of aryl methyl sites for hydroxylation is 1. The minimum atomic E-state index is -0.377. The van der Waals surface area contributed by atoms with Gasteiger partial charge in [0.25, 0.3) is 0 Å². The van der Waals surface area contributed by atoms with Crippen molar-refractivity contribution in [3.8, 4) is 0 Å². The molecule has 1 aliphatic rings. The highest BCUT2D eigenvalue weighted by Gasteiger charge is 2.30. The number of carbonyl (C=O) groups is 2. The topological polar surface area (TPSA) is 62.4 Å². The van der Waals surface area contributed by atoms with E-state index in [-0.39, 0.29) is 17.8 Å². The Morgan fingerprint density at radius 3 is 2.62 bits per heavy atom. The second-order valence-corrected chi connectivity index (χ2v) is 6.87. The highest BCUT2D eigenvalue weighted by Crippen LogP contribution is 2.24. The number of rotatable bonds is 5. The van der Waals surface area contributed by atoms with Crippen LogP contribution in [0.5, 0.6) is 0 Å². The van der Waals surface area contributed by atoms with Crippen molar-refractivity contribution in [1.29, 1.82) is 0 Å². The fourth-order valence-corrected chi connectivity index (χ4v) is 3.73. The van der Waals surface area contributed by atoms with Gasteiger partial charge >= 0.3 is 5.97 Å². The number of nitrogens with one attached hydrogen (secondary N) is 1. The number of esters is 1. The lowest BCUT2D eigenvalue weighted by Crippen LogP contribution is -2.42. The first-order valence-electron chi connectivity index (χ1n) is 9.15. The summed E-state index contributed by atoms with van der Waals surface area (Å²) < 4.78 is 5.12. The van der Waals surface area contributed by atoms with Crippen molar-refractivity contribution in [1.82, 2.24) is 9.88 Å². The summed E-state index contributed by atoms with van der Waals surface area (Å²) in [5.74, 6) is -0.363. The number of ketones is 1. The van der Waals surface area contributed by atoms with Gasteiger partial charge in [-0.25, -0.2) is 4.79 Å². The molecule has 1 aliphatic heterocycles. The van der Waals surface area contributed by atoms with Crippen molar-refractivity contribution >= 4 is 11.8 Å². The molecule has 5 heteroatoms. The Labute approximate surface area is 154 Å². The largest absolute Gasteiger partial charge is 0.462 e. The molecule has 2 aromatic rings. The van der Waals surface area contributed by atoms with E-state index in [4.69, 9.17) is 4.74 Å². The first-order valence-corrected chi connectivity index (χ1v) is 9.15. The summed E-state index contributed by atoms with van der Waals surface area (Å²) in [5, 5.41) is 0. The van der Waals surface area contributed by atoms with Crippen LogP contribution in [0.4, 0.5) is 0 Å². The van der Waals surface area contributed by atoms with E-state index in [9.17, 15) is 9.59 Å². The third kappa shape index (κ3) is 3.31. The molecule has 0 unspecified atom stereocenters. The van der Waals surface area contributed by atoms with Crippen LogP contribution in [0, 0.1) is 13.8 Å². The molecule has 0 radical (unpaired) electrons. The van der Waals surface area contributed by atoms with Gasteiger partial charge in [0, 0.05) is 18.8 Å². The molecule has 1 aromatic heterocycles. The maximum absolute atomic E-state index is 13.1. The van der Waals surface area contributed by atoms with Crippen molar-refractivity contribution in [3.05, 3.63) is 57.9 Å². The quantitative estimate of drug-likeness (QED) is 0.660. The van der Waals surface area contributed by atoms with Crippen LogP contribution in [0.2, 0.25) is 0 Å². The second-order valence-electron chi connectivity index (χ2n) is 6.87. The summed E-state index contributed by atoms with van der Waals surface area (Å²) >= 11 is 0. The van der Waals surface area contributed by atoms with Gasteiger partial charge < -0.3 is 9.72 Å². The minimum absolute atomic E-state index is 0.0144. The summed E-state index contributed by atoms with van der Waals surface area (Å²) in [7, 11) is 0. The molecule has 0 bridgehead atoms. The van der Waals surface area contributed by atoms with Gasteiger partial charge in [0.1, 0.15) is 0 Å². The number of hydrogen-bond acceptors (Lipinski definition) is 4. The van der Waals surface area contributed by atoms with Gasteiger partial charge in [-0.2, -0.15) is 0 Å². The molecule has 26 heavy (non-hydrogen) atoms. The molecule has 1 atom stereocenters. The van der Waals surface area contributed by atoms with Gasteiger partial charge in [-0.3, -0.25) is 9.69 Å². The molecule has 0 aliphatic carbocycles. The highest BCUT2D eigenvalue weighted by atomic mass is 16.5. The predicted molar refractivity (Wildman–Crippen MR) is 101 cm³/mol. The van der Waals surface area contributed by atoms with Crippen LogP contribution in [-0.2, 0) is 17.7 Å². The van der Waals surface area contributed by atoms with E-state index >= 15 is 0 Å². The fourth-order valence-electron chi connectivity index (χ4n) is 3.73. The highest BCUT2D eigenvalue weighted by molar-refractivity contribution is 6.03. The van der Waals surface area contributed by atoms with E-state index in [2.05, 4.69) is 28.1 Å². The molecule has 5 nitrogen and oxygen atoms in total. The maximum Gasteiger partial charge on any atom is 0.340 e. The number of fused-ring (bicyclic) bond motifs is 1. The second kappa shape index (κ2) is 7.46. The molecule has 0 saturated heterocycles. The molecular formula is C21H26N2O3. The van der Waals surface area contributed by atoms with Crippen LogP contribution in [0.25, 0.3) is 0 Å². The lowest BCUT2D eigenvalue weighted by molar-refractivity contribution is 0.0525. The molecule has 1 aromatic carbocycles. The lowest BCUT2D eigenvalue weighted by Gasteiger charge is -2.32. The van der Waals surface area contributed by atoms with E-state index in [1.807, 2.05) is 13.0 Å². The Hall–Kier alpha value is -2.40. The number of aromatic amines is 1. The molecule has 0 fully saturated rings. The number of H-pyrrole nitrogens is 1. The molecule has 2 heterocycles. The molecule has 0 saturated carbocycles. The van der Waals surface area contributed by atoms with E-state index in [1.54, 1.807) is 20.8 Å². The van der Waals surface area contributed by atoms with Crippen molar-refractivity contribution < 1.29 is 14.3 Å². The molecule has 0 spiro atoms. The zero-order chi connectivity index (χ0) is 18.8. The summed E-state index contributed by atoms with van der Waals surface area (Å²) in [6, 6.07) is 8.13. The third-order valence-corrected chi connectivity index (χ3v) is 5.25. The standard InChI is InChI=1S/C21H26N2O3/c1-5-26-21(25)18-13(2)19(22-14(18)3)20(24)15(4)23-11-10-16-8-6-7-9-17(16)12-23/h6-9,15,22H,5,10-12H2,1-4H3/t15-/m1/s1. The minimum Gasteiger partial charge on any atom is -0.462 e. The van der Waals surface area contributed by atoms with Crippen LogP contribution < -0.4 is 0 Å². The Morgan fingerprint density at radius 1 is 1.23 bits per heavy atom. The fraction of sp³-hybridized carbons (Fsp3) is 0.429. The van der Waals surface area contributed by atoms with Gasteiger partial charge in [0.2, 0.25) is 0 Å². The van der Waals surface area contributed by atoms with Crippen molar-refractivity contribution in [2.75, 3.05) is 13.2 Å².